The van der Waals surface area contributed by atoms with E-state index in [1.807, 2.05) is 0 Å². The molecule has 0 aliphatic heterocycles. The molecule has 0 aromatic heterocycles. The number of methoxy groups -OCH3 is 1. The number of rotatable bonds is 5. The van der Waals surface area contributed by atoms with E-state index in [0.29, 0.717) is 11.3 Å². The van der Waals surface area contributed by atoms with Crippen molar-refractivity contribution in [3.8, 4) is 5.75 Å². The Morgan fingerprint density at radius 2 is 1.75 bits per heavy atom. The predicted octanol–water partition coefficient (Wildman–Crippen LogP) is 2.17. The van der Waals surface area contributed by atoms with Crippen LogP contribution in [0, 0.1) is 0 Å². The van der Waals surface area contributed by atoms with E-state index in [9.17, 15) is 9.67 Å². The van der Waals surface area contributed by atoms with E-state index in [0.717, 1.165) is 0 Å². The second kappa shape index (κ2) is 5.46. The Kier molecular flexibility index (Phi) is 4.50. The molecule has 0 aliphatic rings. The lowest BCUT2D eigenvalue weighted by Crippen LogP contribution is -2.04. The first kappa shape index (κ1) is 13.2. The summed E-state index contributed by atoms with van der Waals surface area (Å²) in [6.45, 7) is 0. The van der Waals surface area contributed by atoms with Gasteiger partial charge in [-0.2, -0.15) is 0 Å². The molecule has 5 nitrogen and oxygen atoms in total. The molecule has 0 fully saturated rings. The van der Waals surface area contributed by atoms with Crippen molar-refractivity contribution >= 4 is 7.60 Å². The van der Waals surface area contributed by atoms with E-state index in [2.05, 4.69) is 0 Å². The van der Waals surface area contributed by atoms with Gasteiger partial charge in [0.1, 0.15) is 5.75 Å². The Bertz CT molecular complexity index is 385. The first-order chi connectivity index (χ1) is 7.59. The molecular formula is C10H15O5P. The summed E-state index contributed by atoms with van der Waals surface area (Å²) in [5.41, 5.74) is 0.372. The molecule has 16 heavy (non-hydrogen) atoms. The van der Waals surface area contributed by atoms with Crippen LogP contribution in [0.3, 0.4) is 0 Å². The number of para-hydroxylation sites is 1. The predicted molar refractivity (Wildman–Crippen MR) is 59.6 cm³/mol. The van der Waals surface area contributed by atoms with Crippen LogP contribution in [0.2, 0.25) is 0 Å². The molecule has 0 radical (unpaired) electrons. The average molecular weight is 246 g/mol. The average Bonchev–Trinajstić information content (AvgIpc) is 2.36. The smallest absolute Gasteiger partial charge is 0.363 e. The maximum absolute atomic E-state index is 12.0. The summed E-state index contributed by atoms with van der Waals surface area (Å²) in [4.78, 5) is 0. The van der Waals surface area contributed by atoms with Gasteiger partial charge in [0.25, 0.3) is 0 Å². The van der Waals surface area contributed by atoms with E-state index >= 15 is 0 Å². The molecule has 0 amide bonds. The monoisotopic (exact) mass is 246 g/mol. The third-order valence-corrected chi connectivity index (χ3v) is 4.12. The highest BCUT2D eigenvalue weighted by Crippen LogP contribution is 2.59. The second-order valence-electron chi connectivity index (χ2n) is 3.02. The standard InChI is InChI=1S/C10H15O5P/c1-13-9-7-5-4-6-8(9)10(11)16(12,14-2)15-3/h4-7,10-11H,1-3H3/t10-/m1/s1. The summed E-state index contributed by atoms with van der Waals surface area (Å²) < 4.78 is 26.5. The van der Waals surface area contributed by atoms with Crippen LogP contribution in [0.15, 0.2) is 24.3 Å². The third kappa shape index (κ3) is 2.44. The molecule has 0 heterocycles. The molecule has 1 atom stereocenters. The van der Waals surface area contributed by atoms with Gasteiger partial charge in [-0.3, -0.25) is 4.57 Å². The first-order valence-corrected chi connectivity index (χ1v) is 6.22. The summed E-state index contributed by atoms with van der Waals surface area (Å²) in [5.74, 6) is -0.928. The minimum Gasteiger partial charge on any atom is -0.496 e. The van der Waals surface area contributed by atoms with Gasteiger partial charge in [-0.25, -0.2) is 0 Å². The lowest BCUT2D eigenvalue weighted by Gasteiger charge is -2.21. The van der Waals surface area contributed by atoms with Crippen molar-refractivity contribution in [1.82, 2.24) is 0 Å². The molecule has 0 aliphatic carbocycles. The van der Waals surface area contributed by atoms with Crippen molar-refractivity contribution in [2.75, 3.05) is 21.3 Å². The van der Waals surface area contributed by atoms with E-state index in [4.69, 9.17) is 13.8 Å². The Hall–Kier alpha value is -0.870. The molecule has 0 bridgehead atoms. The number of aliphatic hydroxyl groups is 1. The van der Waals surface area contributed by atoms with Gasteiger partial charge in [0.05, 0.1) is 7.11 Å². The van der Waals surface area contributed by atoms with Crippen molar-refractivity contribution in [3.05, 3.63) is 29.8 Å². The number of aliphatic hydroxyl groups excluding tert-OH is 1. The molecular weight excluding hydrogens is 231 g/mol. The highest BCUT2D eigenvalue weighted by atomic mass is 31.2. The van der Waals surface area contributed by atoms with Crippen molar-refractivity contribution < 1.29 is 23.5 Å². The summed E-state index contributed by atoms with van der Waals surface area (Å²) >= 11 is 0. The van der Waals surface area contributed by atoms with E-state index in [1.54, 1.807) is 24.3 Å². The van der Waals surface area contributed by atoms with Gasteiger partial charge in [0.2, 0.25) is 0 Å². The van der Waals surface area contributed by atoms with Gasteiger partial charge < -0.3 is 18.9 Å². The first-order valence-electron chi connectivity index (χ1n) is 4.61. The highest BCUT2D eigenvalue weighted by molar-refractivity contribution is 7.54. The lowest BCUT2D eigenvalue weighted by atomic mass is 10.2. The molecule has 1 N–H and O–H groups in total. The summed E-state index contributed by atoms with van der Waals surface area (Å²) in [7, 11) is 0.360. The van der Waals surface area contributed by atoms with Crippen LogP contribution in [0.1, 0.15) is 11.4 Å². The maximum Gasteiger partial charge on any atom is 0.363 e. The van der Waals surface area contributed by atoms with Crippen LogP contribution in [-0.2, 0) is 13.6 Å². The van der Waals surface area contributed by atoms with E-state index < -0.39 is 13.4 Å². The SMILES string of the molecule is COc1ccccc1[C@H](O)P(=O)(OC)OC. The molecule has 0 unspecified atom stereocenters. The zero-order valence-electron chi connectivity index (χ0n) is 9.41. The highest BCUT2D eigenvalue weighted by Gasteiger charge is 2.35. The molecule has 6 heteroatoms. The summed E-state index contributed by atoms with van der Waals surface area (Å²) in [6, 6.07) is 6.72. The van der Waals surface area contributed by atoms with Crippen molar-refractivity contribution in [3.63, 3.8) is 0 Å². The van der Waals surface area contributed by atoms with E-state index in [1.165, 1.54) is 21.3 Å². The fourth-order valence-corrected chi connectivity index (χ4v) is 2.43. The zero-order chi connectivity index (χ0) is 12.2. The fraction of sp³-hybridized carbons (Fsp3) is 0.400. The van der Waals surface area contributed by atoms with Crippen molar-refractivity contribution in [1.29, 1.82) is 0 Å². The van der Waals surface area contributed by atoms with Crippen LogP contribution in [-0.4, -0.2) is 26.4 Å². The summed E-state index contributed by atoms with van der Waals surface area (Å²) in [5, 5.41) is 9.96. The van der Waals surface area contributed by atoms with Gasteiger partial charge in [-0.05, 0) is 6.07 Å². The Labute approximate surface area is 94.5 Å². The molecule has 0 spiro atoms. The van der Waals surface area contributed by atoms with Gasteiger partial charge in [-0.1, -0.05) is 18.2 Å². The quantitative estimate of drug-likeness (QED) is 0.806. The molecule has 0 saturated heterocycles. The van der Waals surface area contributed by atoms with Gasteiger partial charge in [-0.15, -0.1) is 0 Å². The largest absolute Gasteiger partial charge is 0.496 e. The molecule has 90 valence electrons. The van der Waals surface area contributed by atoms with E-state index in [-0.39, 0.29) is 0 Å². The third-order valence-electron chi connectivity index (χ3n) is 2.23. The van der Waals surface area contributed by atoms with Gasteiger partial charge in [0.15, 0.2) is 5.85 Å². The second-order valence-corrected chi connectivity index (χ2v) is 5.32. The Morgan fingerprint density at radius 1 is 1.19 bits per heavy atom. The topological polar surface area (TPSA) is 65.0 Å². The molecule has 1 aromatic rings. The van der Waals surface area contributed by atoms with Crippen LogP contribution in [0.5, 0.6) is 5.75 Å². The number of hydrogen-bond donors (Lipinski definition) is 1. The van der Waals surface area contributed by atoms with Crippen LogP contribution in [0.4, 0.5) is 0 Å². The van der Waals surface area contributed by atoms with Crippen LogP contribution >= 0.6 is 7.60 Å². The van der Waals surface area contributed by atoms with Crippen LogP contribution in [0.25, 0.3) is 0 Å². The number of hydrogen-bond acceptors (Lipinski definition) is 5. The zero-order valence-corrected chi connectivity index (χ0v) is 10.3. The maximum atomic E-state index is 12.0. The van der Waals surface area contributed by atoms with Gasteiger partial charge in [0, 0.05) is 19.8 Å². The van der Waals surface area contributed by atoms with Crippen LogP contribution < -0.4 is 4.74 Å². The normalized spacial score (nSPS) is 13.5. The van der Waals surface area contributed by atoms with Gasteiger partial charge >= 0.3 is 7.60 Å². The molecule has 1 rings (SSSR count). The van der Waals surface area contributed by atoms with Crippen molar-refractivity contribution in [2.45, 2.75) is 5.85 Å². The minimum atomic E-state index is -3.56. The molecule has 1 aromatic carbocycles. The Balaban J connectivity index is 3.13. The summed E-state index contributed by atoms with van der Waals surface area (Å²) in [6.07, 6.45) is 0. The number of benzene rings is 1. The fourth-order valence-electron chi connectivity index (χ4n) is 1.32. The number of ether oxygens (including phenoxy) is 1. The Morgan fingerprint density at radius 3 is 2.25 bits per heavy atom. The minimum absolute atomic E-state index is 0.372. The lowest BCUT2D eigenvalue weighted by molar-refractivity contribution is 0.173. The van der Waals surface area contributed by atoms with Crippen molar-refractivity contribution in [2.24, 2.45) is 0 Å². The molecule has 0 saturated carbocycles.